The van der Waals surface area contributed by atoms with Crippen molar-refractivity contribution < 1.29 is 4.74 Å². The zero-order chi connectivity index (χ0) is 17.1. The van der Waals surface area contributed by atoms with Crippen molar-refractivity contribution in [3.63, 3.8) is 0 Å². The fraction of sp³-hybridized carbons (Fsp3) is 0.278. The Morgan fingerprint density at radius 3 is 2.88 bits per heavy atom. The standard InChI is InChI=1S/C18H19N5OS/c19-18-22-15(13-6-7-24-10-13)8-16(23-18)20-9-14-11-25-17(21-14)12-4-2-1-3-5-12/h1-5,8,11,13H,6-7,9-10H2,(H3,19,20,22,23). The average molecular weight is 353 g/mol. The van der Waals surface area contributed by atoms with E-state index in [2.05, 4.69) is 37.8 Å². The van der Waals surface area contributed by atoms with Crippen LogP contribution in [0.25, 0.3) is 10.6 Å². The Kier molecular flexibility index (Phi) is 4.58. The van der Waals surface area contributed by atoms with Gasteiger partial charge in [0.05, 0.1) is 24.5 Å². The summed E-state index contributed by atoms with van der Waals surface area (Å²) >= 11 is 1.64. The largest absolute Gasteiger partial charge is 0.381 e. The third kappa shape index (κ3) is 3.78. The number of rotatable bonds is 5. The summed E-state index contributed by atoms with van der Waals surface area (Å²) in [6.45, 7) is 2.07. The molecule has 6 nitrogen and oxygen atoms in total. The van der Waals surface area contributed by atoms with Crippen LogP contribution in [0.15, 0.2) is 41.8 Å². The lowest BCUT2D eigenvalue weighted by Crippen LogP contribution is -2.09. The molecule has 1 aromatic carbocycles. The number of nitrogen functional groups attached to an aromatic ring is 1. The van der Waals surface area contributed by atoms with Gasteiger partial charge in [-0.1, -0.05) is 30.3 Å². The quantitative estimate of drug-likeness (QED) is 0.732. The number of thiazole rings is 1. The topological polar surface area (TPSA) is 86.0 Å². The van der Waals surface area contributed by atoms with Crippen LogP contribution in [0.3, 0.4) is 0 Å². The van der Waals surface area contributed by atoms with Crippen LogP contribution in [0, 0.1) is 0 Å². The number of aromatic nitrogens is 3. The second kappa shape index (κ2) is 7.16. The van der Waals surface area contributed by atoms with Gasteiger partial charge in [-0.05, 0) is 6.42 Å². The van der Waals surface area contributed by atoms with Crippen LogP contribution in [0.1, 0.15) is 23.7 Å². The predicted molar refractivity (Wildman–Crippen MR) is 99.5 cm³/mol. The first kappa shape index (κ1) is 16.0. The number of hydrogen-bond donors (Lipinski definition) is 2. The third-order valence-corrected chi connectivity index (χ3v) is 5.07. The summed E-state index contributed by atoms with van der Waals surface area (Å²) in [6.07, 6.45) is 0.975. The number of nitrogens with one attached hydrogen (secondary N) is 1. The fourth-order valence-electron chi connectivity index (χ4n) is 2.84. The van der Waals surface area contributed by atoms with Gasteiger partial charge >= 0.3 is 0 Å². The molecule has 0 spiro atoms. The van der Waals surface area contributed by atoms with Crippen molar-refractivity contribution in [2.24, 2.45) is 0 Å². The zero-order valence-electron chi connectivity index (χ0n) is 13.7. The Morgan fingerprint density at radius 2 is 2.08 bits per heavy atom. The average Bonchev–Trinajstić information content (AvgIpc) is 3.32. The number of hydrogen-bond acceptors (Lipinski definition) is 7. The van der Waals surface area contributed by atoms with E-state index in [0.717, 1.165) is 40.8 Å². The van der Waals surface area contributed by atoms with Crippen LogP contribution >= 0.6 is 11.3 Å². The molecule has 1 aliphatic rings. The molecule has 0 amide bonds. The lowest BCUT2D eigenvalue weighted by Gasteiger charge is -2.10. The van der Waals surface area contributed by atoms with E-state index in [0.29, 0.717) is 19.1 Å². The maximum absolute atomic E-state index is 5.86. The highest BCUT2D eigenvalue weighted by atomic mass is 32.1. The van der Waals surface area contributed by atoms with Crippen molar-refractivity contribution in [1.82, 2.24) is 15.0 Å². The monoisotopic (exact) mass is 353 g/mol. The minimum atomic E-state index is 0.287. The molecule has 4 rings (SSSR count). The van der Waals surface area contributed by atoms with Crippen LogP contribution in [0.5, 0.6) is 0 Å². The van der Waals surface area contributed by atoms with E-state index in [-0.39, 0.29) is 5.95 Å². The number of nitrogens with two attached hydrogens (primary N) is 1. The lowest BCUT2D eigenvalue weighted by atomic mass is 10.0. The van der Waals surface area contributed by atoms with Crippen LogP contribution in [0.2, 0.25) is 0 Å². The molecule has 0 aliphatic carbocycles. The minimum absolute atomic E-state index is 0.287. The number of ether oxygens (including phenoxy) is 1. The summed E-state index contributed by atoms with van der Waals surface area (Å²) < 4.78 is 5.44. The summed E-state index contributed by atoms with van der Waals surface area (Å²) in [4.78, 5) is 13.3. The zero-order valence-corrected chi connectivity index (χ0v) is 14.5. The van der Waals surface area contributed by atoms with E-state index in [4.69, 9.17) is 10.5 Å². The first-order valence-corrected chi connectivity index (χ1v) is 9.12. The molecule has 0 bridgehead atoms. The molecule has 1 unspecified atom stereocenters. The van der Waals surface area contributed by atoms with E-state index in [1.165, 1.54) is 0 Å². The first-order valence-electron chi connectivity index (χ1n) is 8.24. The Hall–Kier alpha value is -2.51. The van der Waals surface area contributed by atoms with Crippen molar-refractivity contribution >= 4 is 23.1 Å². The summed E-state index contributed by atoms with van der Waals surface area (Å²) in [5.74, 6) is 1.31. The van der Waals surface area contributed by atoms with Crippen LogP contribution < -0.4 is 11.1 Å². The van der Waals surface area contributed by atoms with Crippen LogP contribution in [-0.4, -0.2) is 28.2 Å². The van der Waals surface area contributed by atoms with Gasteiger partial charge in [0, 0.05) is 29.5 Å². The van der Waals surface area contributed by atoms with Crippen LogP contribution in [0.4, 0.5) is 11.8 Å². The normalized spacial score (nSPS) is 16.9. The fourth-order valence-corrected chi connectivity index (χ4v) is 3.66. The summed E-state index contributed by atoms with van der Waals surface area (Å²) in [7, 11) is 0. The van der Waals surface area contributed by atoms with Gasteiger partial charge in [-0.25, -0.2) is 9.97 Å². The van der Waals surface area contributed by atoms with Crippen LogP contribution in [-0.2, 0) is 11.3 Å². The minimum Gasteiger partial charge on any atom is -0.381 e. The van der Waals surface area contributed by atoms with Gasteiger partial charge in [-0.3, -0.25) is 0 Å². The molecule has 7 heteroatoms. The van der Waals surface area contributed by atoms with Gasteiger partial charge in [0.1, 0.15) is 10.8 Å². The van der Waals surface area contributed by atoms with Crippen molar-refractivity contribution in [2.45, 2.75) is 18.9 Å². The molecular formula is C18H19N5OS. The van der Waals surface area contributed by atoms with Gasteiger partial charge in [0.2, 0.25) is 5.95 Å². The highest BCUT2D eigenvalue weighted by Gasteiger charge is 2.20. The predicted octanol–water partition coefficient (Wildman–Crippen LogP) is 3.30. The lowest BCUT2D eigenvalue weighted by molar-refractivity contribution is 0.193. The Morgan fingerprint density at radius 1 is 1.20 bits per heavy atom. The summed E-state index contributed by atoms with van der Waals surface area (Å²) in [6, 6.07) is 12.1. The molecule has 1 atom stereocenters. The molecule has 3 aromatic rings. The van der Waals surface area contributed by atoms with Gasteiger partial charge in [-0.2, -0.15) is 4.98 Å². The molecule has 3 heterocycles. The van der Waals surface area contributed by atoms with Crippen molar-refractivity contribution in [2.75, 3.05) is 24.3 Å². The highest BCUT2D eigenvalue weighted by molar-refractivity contribution is 7.13. The van der Waals surface area contributed by atoms with Gasteiger partial charge in [0.25, 0.3) is 0 Å². The molecule has 1 saturated heterocycles. The molecule has 128 valence electrons. The molecule has 25 heavy (non-hydrogen) atoms. The van der Waals surface area contributed by atoms with Gasteiger partial charge < -0.3 is 15.8 Å². The molecule has 1 aliphatic heterocycles. The van der Waals surface area contributed by atoms with Crippen molar-refractivity contribution in [3.05, 3.63) is 53.2 Å². The molecule has 1 fully saturated rings. The third-order valence-electron chi connectivity index (χ3n) is 4.13. The number of benzene rings is 1. The number of nitrogens with zero attached hydrogens (tertiary/aromatic N) is 3. The molecule has 3 N–H and O–H groups in total. The van der Waals surface area contributed by atoms with E-state index in [1.54, 1.807) is 11.3 Å². The Bertz CT molecular complexity index is 846. The highest BCUT2D eigenvalue weighted by Crippen LogP contribution is 2.26. The summed E-state index contributed by atoms with van der Waals surface area (Å²) in [5.41, 5.74) is 8.91. The maximum atomic E-state index is 5.86. The molecule has 0 radical (unpaired) electrons. The van der Waals surface area contributed by atoms with Crippen molar-refractivity contribution in [1.29, 1.82) is 0 Å². The summed E-state index contributed by atoms with van der Waals surface area (Å²) in [5, 5.41) is 6.38. The van der Waals surface area contributed by atoms with E-state index in [9.17, 15) is 0 Å². The number of anilines is 2. The molecular weight excluding hydrogens is 334 g/mol. The van der Waals surface area contributed by atoms with E-state index in [1.807, 2.05) is 24.3 Å². The van der Waals surface area contributed by atoms with E-state index >= 15 is 0 Å². The SMILES string of the molecule is Nc1nc(NCc2csc(-c3ccccc3)n2)cc(C2CCOC2)n1. The second-order valence-corrected chi connectivity index (χ2v) is 6.82. The van der Waals surface area contributed by atoms with E-state index < -0.39 is 0 Å². The smallest absolute Gasteiger partial charge is 0.222 e. The van der Waals surface area contributed by atoms with Gasteiger partial charge in [0.15, 0.2) is 0 Å². The molecule has 2 aromatic heterocycles. The Balaban J connectivity index is 1.45. The van der Waals surface area contributed by atoms with Crippen molar-refractivity contribution in [3.8, 4) is 10.6 Å². The second-order valence-electron chi connectivity index (χ2n) is 5.96. The first-order chi connectivity index (χ1) is 12.3. The van der Waals surface area contributed by atoms with Gasteiger partial charge in [-0.15, -0.1) is 11.3 Å². The molecule has 0 saturated carbocycles. The maximum Gasteiger partial charge on any atom is 0.222 e. The Labute approximate surface area is 150 Å².